The second-order valence-electron chi connectivity index (χ2n) is 4.26. The topological polar surface area (TPSA) is 88.6 Å². The lowest BCUT2D eigenvalue weighted by atomic mass is 10.2. The molecular weight excluding hydrogens is 300 g/mol. The van der Waals surface area contributed by atoms with Gasteiger partial charge < -0.3 is 0 Å². The molecule has 20 heavy (non-hydrogen) atoms. The van der Waals surface area contributed by atoms with Crippen LogP contribution in [0.4, 0.5) is 0 Å². The minimum absolute atomic E-state index is 0.210. The third kappa shape index (κ3) is 2.25. The Labute approximate surface area is 119 Å². The van der Waals surface area contributed by atoms with Crippen LogP contribution in [0, 0.1) is 0 Å². The van der Waals surface area contributed by atoms with Crippen molar-refractivity contribution in [2.75, 3.05) is 6.26 Å². The first-order chi connectivity index (χ1) is 9.45. The maximum Gasteiger partial charge on any atom is 0.175 e. The Kier molecular flexibility index (Phi) is 2.95. The van der Waals surface area contributed by atoms with E-state index in [-0.39, 0.29) is 10.0 Å². The molecule has 1 N–H and O–H groups in total. The van der Waals surface area contributed by atoms with Gasteiger partial charge in [0, 0.05) is 18.0 Å². The van der Waals surface area contributed by atoms with Gasteiger partial charge in [0.15, 0.2) is 20.8 Å². The highest BCUT2D eigenvalue weighted by Gasteiger charge is 2.12. The highest BCUT2D eigenvalue weighted by molar-refractivity contribution is 7.90. The Balaban J connectivity index is 2.20. The first-order valence-electron chi connectivity index (χ1n) is 5.63. The van der Waals surface area contributed by atoms with Crippen molar-refractivity contribution in [3.8, 4) is 11.4 Å². The lowest BCUT2D eigenvalue weighted by Gasteiger charge is -2.03. The van der Waals surface area contributed by atoms with Crippen molar-refractivity contribution in [1.29, 1.82) is 0 Å². The van der Waals surface area contributed by atoms with Crippen molar-refractivity contribution in [3.05, 3.63) is 35.6 Å². The van der Waals surface area contributed by atoms with Crippen LogP contribution in [-0.2, 0) is 9.84 Å². The molecule has 6 nitrogen and oxygen atoms in total. The standard InChI is InChI=1S/C12H9ClN4O2S/c1-20(18,19)8-4-2-3-7(5-8)12-15-9-6-14-17-10(9)11(13)16-12/h2-6H,1H3,(H,14,17). The van der Waals surface area contributed by atoms with Crippen LogP contribution in [0.1, 0.15) is 0 Å². The fraction of sp³-hybridized carbons (Fsp3) is 0.0833. The Morgan fingerprint density at radius 1 is 1.25 bits per heavy atom. The quantitative estimate of drug-likeness (QED) is 0.732. The molecule has 0 spiro atoms. The number of benzene rings is 1. The van der Waals surface area contributed by atoms with E-state index in [2.05, 4.69) is 20.2 Å². The summed E-state index contributed by atoms with van der Waals surface area (Å²) >= 11 is 6.03. The maximum atomic E-state index is 11.6. The molecule has 0 radical (unpaired) electrons. The largest absolute Gasteiger partial charge is 0.283 e. The van der Waals surface area contributed by atoms with Gasteiger partial charge in [0.1, 0.15) is 11.0 Å². The summed E-state index contributed by atoms with van der Waals surface area (Å²) in [5, 5.41) is 6.81. The predicted molar refractivity (Wildman–Crippen MR) is 75.2 cm³/mol. The van der Waals surface area contributed by atoms with Gasteiger partial charge in [0.2, 0.25) is 0 Å². The Morgan fingerprint density at radius 2 is 2.05 bits per heavy atom. The van der Waals surface area contributed by atoms with E-state index in [0.717, 1.165) is 6.26 Å². The summed E-state index contributed by atoms with van der Waals surface area (Å²) < 4.78 is 23.1. The molecule has 0 saturated carbocycles. The van der Waals surface area contributed by atoms with Gasteiger partial charge in [-0.25, -0.2) is 18.4 Å². The zero-order valence-electron chi connectivity index (χ0n) is 10.3. The Morgan fingerprint density at radius 3 is 2.80 bits per heavy atom. The van der Waals surface area contributed by atoms with Crippen LogP contribution in [0.2, 0.25) is 5.15 Å². The van der Waals surface area contributed by atoms with E-state index < -0.39 is 9.84 Å². The van der Waals surface area contributed by atoms with Gasteiger partial charge in [-0.05, 0) is 12.1 Å². The molecule has 0 amide bonds. The smallest absolute Gasteiger partial charge is 0.175 e. The summed E-state index contributed by atoms with van der Waals surface area (Å²) in [4.78, 5) is 8.66. The minimum Gasteiger partial charge on any atom is -0.283 e. The molecule has 0 atom stereocenters. The lowest BCUT2D eigenvalue weighted by molar-refractivity contribution is 0.602. The number of halogens is 1. The van der Waals surface area contributed by atoms with E-state index in [4.69, 9.17) is 11.6 Å². The zero-order valence-corrected chi connectivity index (χ0v) is 11.9. The van der Waals surface area contributed by atoms with Crippen LogP contribution in [-0.4, -0.2) is 34.8 Å². The van der Waals surface area contributed by atoms with Crippen LogP contribution in [0.25, 0.3) is 22.4 Å². The monoisotopic (exact) mass is 308 g/mol. The molecule has 8 heteroatoms. The number of fused-ring (bicyclic) bond motifs is 1. The molecule has 0 aliphatic rings. The summed E-state index contributed by atoms with van der Waals surface area (Å²) in [6.07, 6.45) is 2.76. The third-order valence-electron chi connectivity index (χ3n) is 2.77. The molecule has 0 bridgehead atoms. The molecule has 3 aromatic rings. The third-order valence-corrected chi connectivity index (χ3v) is 4.14. The van der Waals surface area contributed by atoms with Gasteiger partial charge in [0.25, 0.3) is 0 Å². The van der Waals surface area contributed by atoms with Crippen molar-refractivity contribution < 1.29 is 8.42 Å². The molecule has 102 valence electrons. The van der Waals surface area contributed by atoms with Crippen LogP contribution in [0.3, 0.4) is 0 Å². The van der Waals surface area contributed by atoms with Gasteiger partial charge >= 0.3 is 0 Å². The number of hydrogen-bond acceptors (Lipinski definition) is 5. The minimum atomic E-state index is -3.28. The fourth-order valence-corrected chi connectivity index (χ4v) is 2.69. The summed E-state index contributed by atoms with van der Waals surface area (Å²) in [6, 6.07) is 6.42. The van der Waals surface area contributed by atoms with Crippen molar-refractivity contribution in [2.24, 2.45) is 0 Å². The van der Waals surface area contributed by atoms with Gasteiger partial charge in [0.05, 0.1) is 4.90 Å². The number of sulfone groups is 1. The highest BCUT2D eigenvalue weighted by atomic mass is 35.5. The molecule has 3 rings (SSSR count). The van der Waals surface area contributed by atoms with Crippen molar-refractivity contribution in [2.45, 2.75) is 4.90 Å². The summed E-state index contributed by atoms with van der Waals surface area (Å²) in [5.74, 6) is 0.356. The summed E-state index contributed by atoms with van der Waals surface area (Å²) in [7, 11) is -3.28. The molecule has 2 aromatic heterocycles. The van der Waals surface area contributed by atoms with E-state index >= 15 is 0 Å². The van der Waals surface area contributed by atoms with Gasteiger partial charge in [-0.3, -0.25) is 5.10 Å². The van der Waals surface area contributed by atoms with E-state index in [1.54, 1.807) is 18.3 Å². The number of H-pyrrole nitrogens is 1. The second-order valence-corrected chi connectivity index (χ2v) is 6.63. The second kappa shape index (κ2) is 4.53. The molecule has 0 aliphatic heterocycles. The van der Waals surface area contributed by atoms with E-state index in [0.29, 0.717) is 22.4 Å². The van der Waals surface area contributed by atoms with Gasteiger partial charge in [-0.1, -0.05) is 23.7 Å². The molecule has 0 saturated heterocycles. The van der Waals surface area contributed by atoms with Crippen LogP contribution < -0.4 is 0 Å². The zero-order chi connectivity index (χ0) is 14.3. The Hall–Kier alpha value is -1.99. The number of hydrogen-bond donors (Lipinski definition) is 1. The number of rotatable bonds is 2. The van der Waals surface area contributed by atoms with Crippen LogP contribution >= 0.6 is 11.6 Å². The number of aromatic nitrogens is 4. The number of nitrogens with zero attached hydrogens (tertiary/aromatic N) is 3. The summed E-state index contributed by atoms with van der Waals surface area (Å²) in [5.41, 5.74) is 1.64. The van der Waals surface area contributed by atoms with Crippen LogP contribution in [0.5, 0.6) is 0 Å². The van der Waals surface area contributed by atoms with E-state index in [1.165, 1.54) is 12.1 Å². The normalized spacial score (nSPS) is 11.9. The number of nitrogens with one attached hydrogen (secondary N) is 1. The first kappa shape index (κ1) is 13.0. The lowest BCUT2D eigenvalue weighted by Crippen LogP contribution is -1.98. The average Bonchev–Trinajstić information content (AvgIpc) is 2.87. The number of aromatic amines is 1. The SMILES string of the molecule is CS(=O)(=O)c1cccc(-c2nc(Cl)c3n[nH]cc3n2)c1. The van der Waals surface area contributed by atoms with Gasteiger partial charge in [-0.2, -0.15) is 5.10 Å². The van der Waals surface area contributed by atoms with Gasteiger partial charge in [-0.15, -0.1) is 0 Å². The predicted octanol–water partition coefficient (Wildman–Crippen LogP) is 2.08. The van der Waals surface area contributed by atoms with Crippen molar-refractivity contribution in [3.63, 3.8) is 0 Å². The van der Waals surface area contributed by atoms with Crippen molar-refractivity contribution >= 4 is 32.5 Å². The molecule has 0 fully saturated rings. The average molecular weight is 309 g/mol. The maximum absolute atomic E-state index is 11.6. The summed E-state index contributed by atoms with van der Waals surface area (Å²) in [6.45, 7) is 0. The van der Waals surface area contributed by atoms with Crippen LogP contribution in [0.15, 0.2) is 35.4 Å². The molecule has 0 aliphatic carbocycles. The molecule has 2 heterocycles. The molecule has 0 unspecified atom stereocenters. The fourth-order valence-electron chi connectivity index (χ4n) is 1.80. The van der Waals surface area contributed by atoms with E-state index in [1.807, 2.05) is 0 Å². The van der Waals surface area contributed by atoms with Crippen molar-refractivity contribution in [1.82, 2.24) is 20.2 Å². The molecule has 1 aromatic carbocycles. The Bertz CT molecular complexity index is 905. The molecular formula is C12H9ClN4O2S. The first-order valence-corrected chi connectivity index (χ1v) is 7.89. The highest BCUT2D eigenvalue weighted by Crippen LogP contribution is 2.24. The van der Waals surface area contributed by atoms with E-state index in [9.17, 15) is 8.42 Å².